The van der Waals surface area contributed by atoms with Crippen molar-refractivity contribution in [1.82, 2.24) is 24.1 Å². The van der Waals surface area contributed by atoms with Gasteiger partial charge in [-0.05, 0) is 110 Å². The lowest BCUT2D eigenvalue weighted by molar-refractivity contribution is 0.951. The predicted octanol–water partition coefficient (Wildman–Crippen LogP) is 17.7. The molecule has 0 radical (unpaired) electrons. The van der Waals surface area contributed by atoms with Crippen LogP contribution in [0.2, 0.25) is 0 Å². The third-order valence-corrected chi connectivity index (χ3v) is 14.4. The fourth-order valence-corrected chi connectivity index (χ4v) is 10.8. The Morgan fingerprint density at radius 1 is 0.216 bits per heavy atom. The van der Waals surface area contributed by atoms with Crippen LogP contribution >= 0.6 is 0 Å². The standard InChI is InChI=1S/C69H45N5/c1-5-17-46(18-6-1)49-29-33-51(34-30-49)55-38-41-65-60(44-55)61-45-56(52-35-31-50(32-36-52)47-19-7-2-8-20-47)39-42-66(61)74(65)69-71-67(53-23-11-4-12-24-53)70-68(72-69)58-26-14-16-28-63(58)73-62-27-15-13-25-57(62)59-43-54(37-40-64(59)73)48-21-9-3-10-22-48/h1-45H. The molecule has 0 amide bonds. The van der Waals surface area contributed by atoms with Crippen molar-refractivity contribution in [3.63, 3.8) is 0 Å². The Morgan fingerprint density at radius 3 is 1.07 bits per heavy atom. The largest absolute Gasteiger partial charge is 0.309 e. The van der Waals surface area contributed by atoms with E-state index in [1.807, 2.05) is 18.2 Å². The van der Waals surface area contributed by atoms with Crippen LogP contribution in [-0.4, -0.2) is 24.1 Å². The Hall–Kier alpha value is -9.97. The molecular weight excluding hydrogens is 899 g/mol. The first-order valence-corrected chi connectivity index (χ1v) is 25.1. The smallest absolute Gasteiger partial charge is 0.238 e. The quantitative estimate of drug-likeness (QED) is 0.145. The predicted molar refractivity (Wildman–Crippen MR) is 307 cm³/mol. The molecule has 0 aliphatic carbocycles. The van der Waals surface area contributed by atoms with Crippen LogP contribution in [0.1, 0.15) is 0 Å². The Morgan fingerprint density at radius 2 is 0.554 bits per heavy atom. The van der Waals surface area contributed by atoms with E-state index in [2.05, 4.69) is 264 Å². The summed E-state index contributed by atoms with van der Waals surface area (Å²) >= 11 is 0. The number of hydrogen-bond acceptors (Lipinski definition) is 3. The van der Waals surface area contributed by atoms with Crippen LogP contribution in [0.5, 0.6) is 0 Å². The van der Waals surface area contributed by atoms with Crippen molar-refractivity contribution in [1.29, 1.82) is 0 Å². The van der Waals surface area contributed by atoms with Crippen molar-refractivity contribution in [2.45, 2.75) is 0 Å². The Kier molecular flexibility index (Phi) is 10.4. The van der Waals surface area contributed by atoms with E-state index in [9.17, 15) is 0 Å². The second-order valence-electron chi connectivity index (χ2n) is 18.8. The molecule has 3 heterocycles. The molecule has 0 N–H and O–H groups in total. The van der Waals surface area contributed by atoms with Crippen LogP contribution in [0.15, 0.2) is 273 Å². The average molecular weight is 944 g/mol. The van der Waals surface area contributed by atoms with Crippen LogP contribution in [0.25, 0.3) is 134 Å². The molecule has 11 aromatic carbocycles. The minimum Gasteiger partial charge on any atom is -0.309 e. The van der Waals surface area contributed by atoms with Gasteiger partial charge in [0.1, 0.15) is 0 Å². The van der Waals surface area contributed by atoms with Gasteiger partial charge in [-0.25, -0.2) is 4.98 Å². The summed E-state index contributed by atoms with van der Waals surface area (Å²) in [7, 11) is 0. The van der Waals surface area contributed by atoms with Crippen molar-refractivity contribution in [3.05, 3.63) is 273 Å². The molecule has 0 atom stereocenters. The highest BCUT2D eigenvalue weighted by molar-refractivity contribution is 6.12. The van der Waals surface area contributed by atoms with Crippen molar-refractivity contribution in [2.75, 3.05) is 0 Å². The molecule has 14 rings (SSSR count). The molecule has 0 bridgehead atoms. The van der Waals surface area contributed by atoms with Crippen molar-refractivity contribution >= 4 is 43.6 Å². The lowest BCUT2D eigenvalue weighted by atomic mass is 9.97. The maximum Gasteiger partial charge on any atom is 0.238 e. The van der Waals surface area contributed by atoms with Gasteiger partial charge in [0.05, 0.1) is 27.8 Å². The van der Waals surface area contributed by atoms with Crippen LogP contribution in [0.3, 0.4) is 0 Å². The maximum absolute atomic E-state index is 5.52. The number of para-hydroxylation sites is 2. The molecule has 0 aliphatic rings. The van der Waals surface area contributed by atoms with Gasteiger partial charge in [-0.3, -0.25) is 4.57 Å². The van der Waals surface area contributed by atoms with E-state index < -0.39 is 0 Å². The second-order valence-corrected chi connectivity index (χ2v) is 18.8. The normalized spacial score (nSPS) is 11.5. The minimum atomic E-state index is 0.540. The van der Waals surface area contributed by atoms with Gasteiger partial charge in [-0.15, -0.1) is 0 Å². The Labute approximate surface area is 428 Å². The Bertz CT molecular complexity index is 4230. The highest BCUT2D eigenvalue weighted by atomic mass is 15.2. The van der Waals surface area contributed by atoms with Crippen LogP contribution in [-0.2, 0) is 0 Å². The van der Waals surface area contributed by atoms with E-state index in [4.69, 9.17) is 15.0 Å². The molecular formula is C69H45N5. The summed E-state index contributed by atoms with van der Waals surface area (Å²) in [6.45, 7) is 0. The fraction of sp³-hybridized carbons (Fsp3) is 0. The summed E-state index contributed by atoms with van der Waals surface area (Å²) in [5.74, 6) is 1.71. The zero-order valence-electron chi connectivity index (χ0n) is 40.2. The first kappa shape index (κ1) is 42.9. The van der Waals surface area contributed by atoms with E-state index in [0.29, 0.717) is 17.6 Å². The first-order chi connectivity index (χ1) is 36.7. The molecule has 0 saturated carbocycles. The van der Waals surface area contributed by atoms with Gasteiger partial charge >= 0.3 is 0 Å². The highest BCUT2D eigenvalue weighted by Crippen LogP contribution is 2.41. The van der Waals surface area contributed by atoms with E-state index >= 15 is 0 Å². The molecule has 0 spiro atoms. The van der Waals surface area contributed by atoms with Crippen molar-refractivity contribution in [3.8, 4) is 90.0 Å². The summed E-state index contributed by atoms with van der Waals surface area (Å²) < 4.78 is 4.59. The second kappa shape index (κ2) is 18.0. The van der Waals surface area contributed by atoms with Crippen LogP contribution in [0, 0.1) is 0 Å². The summed E-state index contributed by atoms with van der Waals surface area (Å²) in [5, 5.41) is 4.58. The molecule has 346 valence electrons. The molecule has 5 nitrogen and oxygen atoms in total. The number of benzene rings is 11. The van der Waals surface area contributed by atoms with E-state index in [0.717, 1.165) is 71.9 Å². The van der Waals surface area contributed by atoms with Crippen LogP contribution < -0.4 is 0 Å². The zero-order valence-corrected chi connectivity index (χ0v) is 40.2. The molecule has 14 aromatic rings. The van der Waals surface area contributed by atoms with Crippen molar-refractivity contribution in [2.24, 2.45) is 0 Å². The lowest BCUT2D eigenvalue weighted by Crippen LogP contribution is -2.07. The maximum atomic E-state index is 5.52. The van der Waals surface area contributed by atoms with Gasteiger partial charge < -0.3 is 4.57 Å². The third-order valence-electron chi connectivity index (χ3n) is 14.4. The number of rotatable bonds is 9. The molecule has 74 heavy (non-hydrogen) atoms. The third kappa shape index (κ3) is 7.54. The molecule has 0 saturated heterocycles. The summed E-state index contributed by atoms with van der Waals surface area (Å²) in [6, 6.07) is 97.2. The number of fused-ring (bicyclic) bond motifs is 6. The SMILES string of the molecule is c1ccc(-c2ccc(-c3ccc4c(c3)c3cc(-c5ccc(-c6ccccc6)cc5)ccc3n4-c3nc(-c4ccccc4)nc(-c4ccccc4-n4c5ccccc5c5cc(-c6ccccc6)ccc54)n3)cc2)cc1. The lowest BCUT2D eigenvalue weighted by Gasteiger charge is -2.15. The summed E-state index contributed by atoms with van der Waals surface area (Å²) in [4.78, 5) is 16.2. The number of hydrogen-bond donors (Lipinski definition) is 0. The topological polar surface area (TPSA) is 48.5 Å². The number of aromatic nitrogens is 5. The molecule has 0 aliphatic heterocycles. The highest BCUT2D eigenvalue weighted by Gasteiger charge is 2.22. The van der Waals surface area contributed by atoms with E-state index in [1.165, 1.54) is 44.2 Å². The van der Waals surface area contributed by atoms with E-state index in [1.54, 1.807) is 0 Å². The molecule has 5 heteroatoms. The van der Waals surface area contributed by atoms with Gasteiger partial charge in [-0.1, -0.05) is 218 Å². The molecule has 0 unspecified atom stereocenters. The first-order valence-electron chi connectivity index (χ1n) is 25.1. The average Bonchev–Trinajstić information content (AvgIpc) is 4.01. The molecule has 0 fully saturated rings. The van der Waals surface area contributed by atoms with Gasteiger partial charge in [0.2, 0.25) is 5.95 Å². The van der Waals surface area contributed by atoms with Crippen LogP contribution in [0.4, 0.5) is 0 Å². The van der Waals surface area contributed by atoms with E-state index in [-0.39, 0.29) is 0 Å². The summed E-state index contributed by atoms with van der Waals surface area (Å²) in [6.07, 6.45) is 0. The summed E-state index contributed by atoms with van der Waals surface area (Å²) in [5.41, 5.74) is 18.7. The minimum absolute atomic E-state index is 0.540. The van der Waals surface area contributed by atoms with Gasteiger partial charge in [0, 0.05) is 32.7 Å². The van der Waals surface area contributed by atoms with Crippen molar-refractivity contribution < 1.29 is 0 Å². The fourth-order valence-electron chi connectivity index (χ4n) is 10.8. The van der Waals surface area contributed by atoms with Gasteiger partial charge in [-0.2, -0.15) is 9.97 Å². The Balaban J connectivity index is 0.966. The number of nitrogens with zero attached hydrogens (tertiary/aromatic N) is 5. The van der Waals surface area contributed by atoms with Gasteiger partial charge in [0.25, 0.3) is 0 Å². The molecule has 3 aromatic heterocycles. The zero-order chi connectivity index (χ0) is 49.0. The van der Waals surface area contributed by atoms with Gasteiger partial charge in [0.15, 0.2) is 11.6 Å². The monoisotopic (exact) mass is 943 g/mol.